The summed E-state index contributed by atoms with van der Waals surface area (Å²) in [5.41, 5.74) is 0.157. The Bertz CT molecular complexity index is 544. The van der Waals surface area contributed by atoms with Crippen molar-refractivity contribution in [2.24, 2.45) is 16.7 Å². The molecule has 3 rings (SSSR count). The van der Waals surface area contributed by atoms with E-state index < -0.39 is 0 Å². The smallest absolute Gasteiger partial charge is 0.224 e. The van der Waals surface area contributed by atoms with Crippen molar-refractivity contribution < 1.29 is 4.79 Å². The van der Waals surface area contributed by atoms with Crippen molar-refractivity contribution >= 4 is 5.91 Å². The maximum Gasteiger partial charge on any atom is 0.224 e. The van der Waals surface area contributed by atoms with Crippen molar-refractivity contribution in [1.82, 2.24) is 20.1 Å². The molecule has 1 aromatic heterocycles. The summed E-state index contributed by atoms with van der Waals surface area (Å²) in [5, 5.41) is 7.58. The summed E-state index contributed by atoms with van der Waals surface area (Å²) in [5.74, 6) is 1.96. The Morgan fingerprint density at radius 1 is 1.30 bits per heavy atom. The standard InChI is InChI=1S/C15H24N4O/c1-9-16-12-10(7-6-8-19(12)18-9)17-13(20)11-14(2,3)15(11,4)5/h10-11H,6-8H2,1-5H3,(H,17,20). The Hall–Kier alpha value is -1.39. The Kier molecular flexibility index (Phi) is 2.76. The van der Waals surface area contributed by atoms with Crippen molar-refractivity contribution in [3.63, 3.8) is 0 Å². The van der Waals surface area contributed by atoms with Crippen molar-refractivity contribution in [1.29, 1.82) is 0 Å². The molecule has 0 saturated heterocycles. The minimum absolute atomic E-state index is 0.0182. The maximum absolute atomic E-state index is 12.6. The summed E-state index contributed by atoms with van der Waals surface area (Å²) >= 11 is 0. The fraction of sp³-hybridized carbons (Fsp3) is 0.800. The van der Waals surface area contributed by atoms with E-state index in [1.165, 1.54) is 0 Å². The Labute approximate surface area is 120 Å². The molecule has 0 spiro atoms. The maximum atomic E-state index is 12.6. The molecule has 2 aliphatic rings. The molecule has 5 heteroatoms. The number of hydrogen-bond donors (Lipinski definition) is 1. The summed E-state index contributed by atoms with van der Waals surface area (Å²) in [4.78, 5) is 17.0. The van der Waals surface area contributed by atoms with Crippen LogP contribution in [-0.2, 0) is 11.3 Å². The number of amides is 1. The van der Waals surface area contributed by atoms with E-state index in [2.05, 4.69) is 43.1 Å². The highest BCUT2D eigenvalue weighted by Gasteiger charge is 2.68. The molecule has 1 aliphatic heterocycles. The molecule has 0 radical (unpaired) electrons. The van der Waals surface area contributed by atoms with Crippen LogP contribution in [0.3, 0.4) is 0 Å². The third-order valence-corrected chi connectivity index (χ3v) is 5.58. The van der Waals surface area contributed by atoms with E-state index in [1.54, 1.807) is 0 Å². The normalized spacial score (nSPS) is 26.9. The van der Waals surface area contributed by atoms with Gasteiger partial charge in [-0.15, -0.1) is 0 Å². The van der Waals surface area contributed by atoms with Crippen LogP contribution < -0.4 is 5.32 Å². The topological polar surface area (TPSA) is 59.8 Å². The SMILES string of the molecule is Cc1nc2n(n1)CCCC2NC(=O)C1C(C)(C)C1(C)C. The van der Waals surface area contributed by atoms with E-state index in [9.17, 15) is 4.79 Å². The highest BCUT2D eigenvalue weighted by molar-refractivity contribution is 5.84. The first-order valence-electron chi connectivity index (χ1n) is 7.47. The molecule has 1 unspecified atom stereocenters. The third-order valence-electron chi connectivity index (χ3n) is 5.58. The average molecular weight is 276 g/mol. The van der Waals surface area contributed by atoms with Gasteiger partial charge in [0.15, 0.2) is 0 Å². The predicted molar refractivity (Wildman–Crippen MR) is 75.9 cm³/mol. The zero-order valence-electron chi connectivity index (χ0n) is 13.0. The quantitative estimate of drug-likeness (QED) is 0.901. The van der Waals surface area contributed by atoms with E-state index in [-0.39, 0.29) is 28.7 Å². The van der Waals surface area contributed by atoms with E-state index in [1.807, 2.05) is 11.6 Å². The van der Waals surface area contributed by atoms with Crippen LogP contribution in [0.5, 0.6) is 0 Å². The lowest BCUT2D eigenvalue weighted by Gasteiger charge is -2.23. The van der Waals surface area contributed by atoms with Crippen LogP contribution in [-0.4, -0.2) is 20.7 Å². The lowest BCUT2D eigenvalue weighted by atomic mass is 10.0. The van der Waals surface area contributed by atoms with Crippen molar-refractivity contribution in [3.05, 3.63) is 11.6 Å². The number of hydrogen-bond acceptors (Lipinski definition) is 3. The first-order valence-corrected chi connectivity index (χ1v) is 7.47. The monoisotopic (exact) mass is 276 g/mol. The number of aromatic nitrogens is 3. The third kappa shape index (κ3) is 1.79. The summed E-state index contributed by atoms with van der Waals surface area (Å²) in [6.45, 7) is 11.5. The van der Waals surface area contributed by atoms with Gasteiger partial charge in [-0.05, 0) is 30.6 Å². The van der Waals surface area contributed by atoms with Gasteiger partial charge in [-0.2, -0.15) is 5.10 Å². The zero-order chi connectivity index (χ0) is 14.7. The van der Waals surface area contributed by atoms with Gasteiger partial charge in [0.1, 0.15) is 11.6 Å². The number of fused-ring (bicyclic) bond motifs is 1. The van der Waals surface area contributed by atoms with Crippen LogP contribution in [0.15, 0.2) is 0 Å². The van der Waals surface area contributed by atoms with E-state index in [4.69, 9.17) is 0 Å². The van der Waals surface area contributed by atoms with Crippen LogP contribution in [0.25, 0.3) is 0 Å². The van der Waals surface area contributed by atoms with Gasteiger partial charge in [-0.25, -0.2) is 9.67 Å². The Balaban J connectivity index is 1.76. The highest BCUT2D eigenvalue weighted by Crippen LogP contribution is 2.68. The predicted octanol–water partition coefficient (Wildman–Crippen LogP) is 2.22. The largest absolute Gasteiger partial charge is 0.346 e. The van der Waals surface area contributed by atoms with Gasteiger partial charge < -0.3 is 5.32 Å². The lowest BCUT2D eigenvalue weighted by molar-refractivity contribution is -0.124. The zero-order valence-corrected chi connectivity index (χ0v) is 13.0. The number of nitrogens with one attached hydrogen (secondary N) is 1. The number of carbonyl (C=O) groups is 1. The van der Waals surface area contributed by atoms with Crippen molar-refractivity contribution in [2.45, 2.75) is 60.0 Å². The van der Waals surface area contributed by atoms with Gasteiger partial charge in [0.05, 0.1) is 6.04 Å². The summed E-state index contributed by atoms with van der Waals surface area (Å²) in [6.07, 6.45) is 2.00. The first-order chi connectivity index (χ1) is 9.25. The second kappa shape index (κ2) is 4.06. The molecular formula is C15H24N4O. The molecule has 2 heterocycles. The van der Waals surface area contributed by atoms with Gasteiger partial charge >= 0.3 is 0 Å². The van der Waals surface area contributed by atoms with Crippen LogP contribution in [0.2, 0.25) is 0 Å². The number of aryl methyl sites for hydroxylation is 2. The van der Waals surface area contributed by atoms with Gasteiger partial charge in [0.25, 0.3) is 0 Å². The average Bonchev–Trinajstić information content (AvgIpc) is 2.63. The fourth-order valence-corrected chi connectivity index (χ4v) is 3.71. The number of nitrogens with zero attached hydrogens (tertiary/aromatic N) is 3. The molecule has 1 fully saturated rings. The minimum atomic E-state index is 0.0182. The van der Waals surface area contributed by atoms with E-state index >= 15 is 0 Å². The van der Waals surface area contributed by atoms with Crippen LogP contribution in [0.1, 0.15) is 58.2 Å². The molecular weight excluding hydrogens is 252 g/mol. The van der Waals surface area contributed by atoms with E-state index in [0.29, 0.717) is 0 Å². The molecule has 1 atom stereocenters. The Morgan fingerprint density at radius 3 is 2.55 bits per heavy atom. The Morgan fingerprint density at radius 2 is 1.95 bits per heavy atom. The van der Waals surface area contributed by atoms with Gasteiger partial charge in [0.2, 0.25) is 5.91 Å². The molecule has 5 nitrogen and oxygen atoms in total. The summed E-state index contributed by atoms with van der Waals surface area (Å²) < 4.78 is 1.94. The molecule has 20 heavy (non-hydrogen) atoms. The number of rotatable bonds is 2. The van der Waals surface area contributed by atoms with Gasteiger partial charge in [0, 0.05) is 12.5 Å². The van der Waals surface area contributed by atoms with Crippen molar-refractivity contribution in [3.8, 4) is 0 Å². The van der Waals surface area contributed by atoms with Crippen LogP contribution >= 0.6 is 0 Å². The molecule has 0 aromatic carbocycles. The van der Waals surface area contributed by atoms with Crippen molar-refractivity contribution in [2.75, 3.05) is 0 Å². The lowest BCUT2D eigenvalue weighted by Crippen LogP contribution is -2.35. The second-order valence-corrected chi connectivity index (χ2v) is 7.32. The van der Waals surface area contributed by atoms with Crippen LogP contribution in [0, 0.1) is 23.7 Å². The van der Waals surface area contributed by atoms with Gasteiger partial charge in [-0.3, -0.25) is 4.79 Å². The number of carbonyl (C=O) groups excluding carboxylic acids is 1. The second-order valence-electron chi connectivity index (χ2n) is 7.32. The fourth-order valence-electron chi connectivity index (χ4n) is 3.71. The summed E-state index contributed by atoms with van der Waals surface area (Å²) in [7, 11) is 0. The van der Waals surface area contributed by atoms with Gasteiger partial charge in [-0.1, -0.05) is 27.7 Å². The highest BCUT2D eigenvalue weighted by atomic mass is 16.2. The molecule has 1 N–H and O–H groups in total. The van der Waals surface area contributed by atoms with Crippen LogP contribution in [0.4, 0.5) is 0 Å². The molecule has 1 saturated carbocycles. The van der Waals surface area contributed by atoms with E-state index in [0.717, 1.165) is 31.0 Å². The molecule has 110 valence electrons. The minimum Gasteiger partial charge on any atom is -0.346 e. The molecule has 0 bridgehead atoms. The first kappa shape index (κ1) is 13.6. The molecule has 1 amide bonds. The molecule has 1 aromatic rings. The summed E-state index contributed by atoms with van der Waals surface area (Å²) in [6, 6.07) is 0.0182. The molecule has 1 aliphatic carbocycles.